The maximum atomic E-state index is 9.00. The quantitative estimate of drug-likeness (QED) is 0.892. The summed E-state index contributed by atoms with van der Waals surface area (Å²) in [5.74, 6) is 0.508. The van der Waals surface area contributed by atoms with Gasteiger partial charge in [0.1, 0.15) is 0 Å². The number of likely N-dealkylation sites (tertiary alicyclic amines) is 1. The predicted octanol–water partition coefficient (Wildman–Crippen LogP) is 2.77. The van der Waals surface area contributed by atoms with Crippen molar-refractivity contribution in [3.63, 3.8) is 0 Å². The maximum Gasteiger partial charge on any atom is 0.0668 e. The average molecular weight is 311 g/mol. The van der Waals surface area contributed by atoms with Gasteiger partial charge in [-0.3, -0.25) is 9.58 Å². The number of benzene rings is 1. The van der Waals surface area contributed by atoms with Crippen LogP contribution in [0.4, 0.5) is 0 Å². The maximum absolute atomic E-state index is 9.00. The first-order chi connectivity index (χ1) is 11.3. The molecule has 122 valence electrons. The van der Waals surface area contributed by atoms with Gasteiger partial charge in [-0.15, -0.1) is 0 Å². The Morgan fingerprint density at radius 2 is 2.09 bits per heavy atom. The molecule has 0 aliphatic carbocycles. The van der Waals surface area contributed by atoms with Gasteiger partial charge >= 0.3 is 0 Å². The molecule has 1 unspecified atom stereocenters. The minimum absolute atomic E-state index is 0.141. The van der Waals surface area contributed by atoms with E-state index in [1.807, 2.05) is 16.9 Å². The number of aromatic nitrogens is 2. The summed E-state index contributed by atoms with van der Waals surface area (Å²) >= 11 is 0. The Bertz CT molecular complexity index is 621. The summed E-state index contributed by atoms with van der Waals surface area (Å²) in [6, 6.07) is 12.5. The fraction of sp³-hybridized carbons (Fsp3) is 0.421. The molecule has 2 aromatic rings. The minimum Gasteiger partial charge on any atom is -0.394 e. The van der Waals surface area contributed by atoms with Crippen molar-refractivity contribution in [3.05, 3.63) is 59.9 Å². The molecule has 0 bridgehead atoms. The van der Waals surface area contributed by atoms with E-state index < -0.39 is 0 Å². The summed E-state index contributed by atoms with van der Waals surface area (Å²) in [7, 11) is 0. The zero-order valence-electron chi connectivity index (χ0n) is 13.5. The molecular formula is C19H25N3O. The summed E-state index contributed by atoms with van der Waals surface area (Å²) in [5.41, 5.74) is 2.42. The molecule has 4 heteroatoms. The minimum atomic E-state index is 0.141. The smallest absolute Gasteiger partial charge is 0.0668 e. The van der Waals surface area contributed by atoms with Crippen molar-refractivity contribution >= 4 is 6.08 Å². The van der Waals surface area contributed by atoms with Gasteiger partial charge in [-0.25, -0.2) is 0 Å². The van der Waals surface area contributed by atoms with Crippen molar-refractivity contribution in [2.75, 3.05) is 26.2 Å². The van der Waals surface area contributed by atoms with Crippen LogP contribution in [0.5, 0.6) is 0 Å². The highest BCUT2D eigenvalue weighted by Gasteiger charge is 2.22. The molecule has 1 aromatic heterocycles. The Balaban J connectivity index is 1.54. The lowest BCUT2D eigenvalue weighted by atomic mass is 9.95. The summed E-state index contributed by atoms with van der Waals surface area (Å²) in [6.07, 6.45) is 8.84. The lowest BCUT2D eigenvalue weighted by molar-refractivity contribution is 0.225. The second-order valence-corrected chi connectivity index (χ2v) is 6.14. The highest BCUT2D eigenvalue weighted by molar-refractivity contribution is 5.48. The molecule has 1 aliphatic heterocycles. The van der Waals surface area contributed by atoms with Crippen molar-refractivity contribution in [3.8, 4) is 0 Å². The van der Waals surface area contributed by atoms with Crippen LogP contribution in [0.15, 0.2) is 48.7 Å². The first kappa shape index (κ1) is 16.0. The van der Waals surface area contributed by atoms with E-state index in [2.05, 4.69) is 52.5 Å². The molecule has 0 saturated carbocycles. The van der Waals surface area contributed by atoms with E-state index in [0.29, 0.717) is 12.5 Å². The molecule has 1 fully saturated rings. The predicted molar refractivity (Wildman–Crippen MR) is 93.2 cm³/mol. The van der Waals surface area contributed by atoms with Crippen LogP contribution in [0.1, 0.15) is 30.0 Å². The molecular weight excluding hydrogens is 286 g/mol. The number of rotatable bonds is 6. The summed E-state index contributed by atoms with van der Waals surface area (Å²) in [6.45, 7) is 3.93. The Hall–Kier alpha value is -1.91. The van der Waals surface area contributed by atoms with Crippen molar-refractivity contribution in [1.82, 2.24) is 14.7 Å². The normalized spacial score (nSPS) is 19.4. The van der Waals surface area contributed by atoms with Gasteiger partial charge in [0.15, 0.2) is 0 Å². The number of piperidine rings is 1. The lowest BCUT2D eigenvalue weighted by Crippen LogP contribution is -2.34. The molecule has 1 saturated heterocycles. The van der Waals surface area contributed by atoms with Gasteiger partial charge in [-0.1, -0.05) is 42.5 Å². The number of hydrogen-bond donors (Lipinski definition) is 1. The Kier molecular flexibility index (Phi) is 5.61. The van der Waals surface area contributed by atoms with Gasteiger partial charge in [0.25, 0.3) is 0 Å². The van der Waals surface area contributed by atoms with Crippen LogP contribution in [0.25, 0.3) is 6.08 Å². The molecule has 1 aromatic carbocycles. The van der Waals surface area contributed by atoms with Gasteiger partial charge in [0.05, 0.1) is 18.8 Å². The van der Waals surface area contributed by atoms with Crippen molar-refractivity contribution in [2.24, 2.45) is 0 Å². The zero-order chi connectivity index (χ0) is 15.9. The number of nitrogens with zero attached hydrogens (tertiary/aromatic N) is 3. The number of aliphatic hydroxyl groups is 1. The van der Waals surface area contributed by atoms with Crippen LogP contribution in [0, 0.1) is 0 Å². The third-order valence-electron chi connectivity index (χ3n) is 4.39. The SMILES string of the molecule is OCCn1ccc(C2CCCN(CC=Cc3ccccc3)C2)n1. The van der Waals surface area contributed by atoms with E-state index in [1.165, 1.54) is 18.4 Å². The summed E-state index contributed by atoms with van der Waals surface area (Å²) < 4.78 is 1.84. The number of aliphatic hydroxyl groups excluding tert-OH is 1. The van der Waals surface area contributed by atoms with Crippen molar-refractivity contribution in [1.29, 1.82) is 0 Å². The van der Waals surface area contributed by atoms with Crippen LogP contribution in [-0.2, 0) is 6.54 Å². The Labute approximate surface area is 138 Å². The van der Waals surface area contributed by atoms with E-state index in [-0.39, 0.29) is 6.61 Å². The summed E-state index contributed by atoms with van der Waals surface area (Å²) in [4.78, 5) is 2.50. The molecule has 1 N–H and O–H groups in total. The summed E-state index contributed by atoms with van der Waals surface area (Å²) in [5, 5.41) is 13.6. The first-order valence-electron chi connectivity index (χ1n) is 8.43. The molecule has 1 atom stereocenters. The lowest BCUT2D eigenvalue weighted by Gasteiger charge is -2.31. The van der Waals surface area contributed by atoms with Gasteiger partial charge in [-0.05, 0) is 31.0 Å². The van der Waals surface area contributed by atoms with Gasteiger partial charge in [0.2, 0.25) is 0 Å². The highest BCUT2D eigenvalue weighted by atomic mass is 16.3. The molecule has 23 heavy (non-hydrogen) atoms. The zero-order valence-corrected chi connectivity index (χ0v) is 13.5. The second-order valence-electron chi connectivity index (χ2n) is 6.14. The fourth-order valence-electron chi connectivity index (χ4n) is 3.19. The van der Waals surface area contributed by atoms with Crippen molar-refractivity contribution < 1.29 is 5.11 Å². The highest BCUT2D eigenvalue weighted by Crippen LogP contribution is 2.25. The van der Waals surface area contributed by atoms with Crippen LogP contribution in [-0.4, -0.2) is 46.0 Å². The Morgan fingerprint density at radius 3 is 2.91 bits per heavy atom. The van der Waals surface area contributed by atoms with Crippen LogP contribution in [0.3, 0.4) is 0 Å². The standard InChI is InChI=1S/C19H25N3O/c23-15-14-22-13-10-19(20-22)18-9-5-12-21(16-18)11-4-8-17-6-2-1-3-7-17/h1-4,6-8,10,13,18,23H,5,9,11-12,14-16H2. The van der Waals surface area contributed by atoms with E-state index in [9.17, 15) is 0 Å². The second kappa shape index (κ2) is 8.09. The topological polar surface area (TPSA) is 41.3 Å². The van der Waals surface area contributed by atoms with Crippen molar-refractivity contribution in [2.45, 2.75) is 25.3 Å². The molecule has 0 amide bonds. The van der Waals surface area contributed by atoms with E-state index in [4.69, 9.17) is 5.11 Å². The molecule has 2 heterocycles. The molecule has 0 spiro atoms. The molecule has 1 aliphatic rings. The first-order valence-corrected chi connectivity index (χ1v) is 8.43. The van der Waals surface area contributed by atoms with Crippen LogP contribution in [0.2, 0.25) is 0 Å². The fourth-order valence-corrected chi connectivity index (χ4v) is 3.19. The monoisotopic (exact) mass is 311 g/mol. The van der Waals surface area contributed by atoms with Gasteiger partial charge in [-0.2, -0.15) is 5.10 Å². The average Bonchev–Trinajstić information content (AvgIpc) is 3.05. The molecule has 0 radical (unpaired) electrons. The van der Waals surface area contributed by atoms with Gasteiger partial charge in [0, 0.05) is 25.2 Å². The van der Waals surface area contributed by atoms with Crippen LogP contribution >= 0.6 is 0 Å². The third-order valence-corrected chi connectivity index (χ3v) is 4.39. The van der Waals surface area contributed by atoms with E-state index in [0.717, 1.165) is 25.3 Å². The van der Waals surface area contributed by atoms with Crippen LogP contribution < -0.4 is 0 Å². The Morgan fingerprint density at radius 1 is 1.22 bits per heavy atom. The number of hydrogen-bond acceptors (Lipinski definition) is 3. The third kappa shape index (κ3) is 4.53. The van der Waals surface area contributed by atoms with E-state index in [1.54, 1.807) is 0 Å². The largest absolute Gasteiger partial charge is 0.394 e. The van der Waals surface area contributed by atoms with E-state index >= 15 is 0 Å². The molecule has 4 nitrogen and oxygen atoms in total. The van der Waals surface area contributed by atoms with Gasteiger partial charge < -0.3 is 5.11 Å². The molecule has 3 rings (SSSR count).